The predicted molar refractivity (Wildman–Crippen MR) is 98.6 cm³/mol. The van der Waals surface area contributed by atoms with Crippen molar-refractivity contribution in [3.05, 3.63) is 57.9 Å². The maximum atomic E-state index is 13.5. The van der Waals surface area contributed by atoms with Crippen LogP contribution in [-0.4, -0.2) is 18.5 Å². The molecule has 2 aromatic rings. The molecule has 0 saturated heterocycles. The van der Waals surface area contributed by atoms with E-state index in [-0.39, 0.29) is 10.8 Å². The molecule has 0 saturated carbocycles. The Bertz CT molecular complexity index is 981. The van der Waals surface area contributed by atoms with Crippen molar-refractivity contribution in [3.63, 3.8) is 0 Å². The van der Waals surface area contributed by atoms with Crippen LogP contribution in [0, 0.1) is 22.9 Å². The van der Waals surface area contributed by atoms with Crippen molar-refractivity contribution in [1.82, 2.24) is 5.43 Å². The Morgan fingerprint density at radius 3 is 2.54 bits per heavy atom. The molecule has 12 heteroatoms. The summed E-state index contributed by atoms with van der Waals surface area (Å²) >= 11 is 5.01. The van der Waals surface area contributed by atoms with Crippen LogP contribution in [0.2, 0.25) is 0 Å². The SMILES string of the molecule is Cc1ccc(NC(=S)NNc2ccc(S(N)(=O)=O)cc2[N+](=O)[O-])cc1F. The minimum atomic E-state index is -4.08. The van der Waals surface area contributed by atoms with Crippen molar-refractivity contribution >= 4 is 44.4 Å². The number of primary sulfonamides is 1. The molecule has 0 aliphatic heterocycles. The number of nitro groups is 1. The quantitative estimate of drug-likeness (QED) is 0.340. The monoisotopic (exact) mass is 399 g/mol. The Hall–Kier alpha value is -2.83. The van der Waals surface area contributed by atoms with Gasteiger partial charge in [-0.15, -0.1) is 0 Å². The molecule has 0 fully saturated rings. The van der Waals surface area contributed by atoms with Crippen LogP contribution in [-0.2, 0) is 10.0 Å². The van der Waals surface area contributed by atoms with Gasteiger partial charge in [0.05, 0.1) is 9.82 Å². The van der Waals surface area contributed by atoms with Crippen molar-refractivity contribution in [2.24, 2.45) is 5.14 Å². The van der Waals surface area contributed by atoms with Gasteiger partial charge in [0.25, 0.3) is 5.69 Å². The van der Waals surface area contributed by atoms with Crippen LogP contribution in [0.5, 0.6) is 0 Å². The molecular formula is C14H14FN5O4S2. The second kappa shape index (κ2) is 7.59. The molecule has 0 atom stereocenters. The number of nitrogens with two attached hydrogens (primary N) is 1. The first-order valence-electron chi connectivity index (χ1n) is 6.98. The highest BCUT2D eigenvalue weighted by atomic mass is 32.2. The molecular weight excluding hydrogens is 385 g/mol. The van der Waals surface area contributed by atoms with Gasteiger partial charge < -0.3 is 5.32 Å². The molecule has 0 aromatic heterocycles. The fourth-order valence-corrected chi connectivity index (χ4v) is 2.60. The zero-order valence-electron chi connectivity index (χ0n) is 13.3. The van der Waals surface area contributed by atoms with E-state index in [9.17, 15) is 22.9 Å². The van der Waals surface area contributed by atoms with E-state index in [2.05, 4.69) is 16.2 Å². The number of halogens is 1. The number of benzene rings is 2. The molecule has 2 rings (SSSR count). The molecule has 26 heavy (non-hydrogen) atoms. The largest absolute Gasteiger partial charge is 0.331 e. The lowest BCUT2D eigenvalue weighted by molar-refractivity contribution is -0.384. The summed E-state index contributed by atoms with van der Waals surface area (Å²) in [6.45, 7) is 1.61. The minimum absolute atomic E-state index is 0.0121. The lowest BCUT2D eigenvalue weighted by Gasteiger charge is -2.13. The first-order chi connectivity index (χ1) is 12.1. The van der Waals surface area contributed by atoms with Gasteiger partial charge in [-0.2, -0.15) is 0 Å². The number of rotatable bonds is 5. The van der Waals surface area contributed by atoms with Crippen LogP contribution in [0.15, 0.2) is 41.3 Å². The summed E-state index contributed by atoms with van der Waals surface area (Å²) in [4.78, 5) is 9.95. The second-order valence-electron chi connectivity index (χ2n) is 5.15. The molecule has 9 nitrogen and oxygen atoms in total. The molecule has 2 aromatic carbocycles. The van der Waals surface area contributed by atoms with Gasteiger partial charge in [0.1, 0.15) is 11.5 Å². The minimum Gasteiger partial charge on any atom is -0.331 e. The summed E-state index contributed by atoms with van der Waals surface area (Å²) < 4.78 is 36.1. The summed E-state index contributed by atoms with van der Waals surface area (Å²) in [6, 6.07) is 7.51. The van der Waals surface area contributed by atoms with Crippen LogP contribution in [0.3, 0.4) is 0 Å². The number of hydrogen-bond donors (Lipinski definition) is 4. The van der Waals surface area contributed by atoms with Gasteiger partial charge >= 0.3 is 0 Å². The zero-order chi connectivity index (χ0) is 19.5. The molecule has 0 radical (unpaired) electrons. The fraction of sp³-hybridized carbons (Fsp3) is 0.0714. The zero-order valence-corrected chi connectivity index (χ0v) is 14.9. The first-order valence-corrected chi connectivity index (χ1v) is 8.94. The summed E-state index contributed by atoms with van der Waals surface area (Å²) in [5, 5.41) is 18.8. The smallest absolute Gasteiger partial charge is 0.295 e. The van der Waals surface area contributed by atoms with E-state index in [0.29, 0.717) is 11.3 Å². The molecule has 0 bridgehead atoms. The molecule has 0 amide bonds. The first kappa shape index (κ1) is 19.5. The lowest BCUT2D eigenvalue weighted by Crippen LogP contribution is -2.33. The normalized spacial score (nSPS) is 10.9. The van der Waals surface area contributed by atoms with E-state index in [1.165, 1.54) is 12.1 Å². The Kier molecular flexibility index (Phi) is 5.69. The maximum absolute atomic E-state index is 13.5. The number of nitrogens with zero attached hydrogens (tertiary/aromatic N) is 1. The summed E-state index contributed by atoms with van der Waals surface area (Å²) in [5.74, 6) is -0.417. The number of anilines is 2. The molecule has 138 valence electrons. The van der Waals surface area contributed by atoms with Gasteiger partial charge in [0.15, 0.2) is 5.11 Å². The number of nitro benzene ring substituents is 1. The number of nitrogens with one attached hydrogen (secondary N) is 3. The Morgan fingerprint density at radius 2 is 1.96 bits per heavy atom. The van der Waals surface area contributed by atoms with Gasteiger partial charge in [-0.25, -0.2) is 17.9 Å². The molecule has 5 N–H and O–H groups in total. The highest BCUT2D eigenvalue weighted by molar-refractivity contribution is 7.89. The van der Waals surface area contributed by atoms with E-state index in [1.807, 2.05) is 0 Å². The standard InChI is InChI=1S/C14H14FN5O4S2/c1-8-2-3-9(6-11(8)15)17-14(25)19-18-12-5-4-10(26(16,23)24)7-13(12)20(21)22/h2-7,18H,1H3,(H2,16,23,24)(H2,17,19,25). The third-order valence-electron chi connectivity index (χ3n) is 3.23. The van der Waals surface area contributed by atoms with Crippen LogP contribution >= 0.6 is 12.2 Å². The molecule has 0 unspecified atom stereocenters. The van der Waals surface area contributed by atoms with Crippen molar-refractivity contribution < 1.29 is 17.7 Å². The average Bonchev–Trinajstić information content (AvgIpc) is 2.55. The molecule has 0 spiro atoms. The molecule has 0 heterocycles. The topological polar surface area (TPSA) is 139 Å². The lowest BCUT2D eigenvalue weighted by atomic mass is 10.2. The number of aryl methyl sites for hydroxylation is 1. The van der Waals surface area contributed by atoms with Gasteiger partial charge in [0, 0.05) is 11.8 Å². The van der Waals surface area contributed by atoms with E-state index >= 15 is 0 Å². The number of hydrogen-bond acceptors (Lipinski definition) is 6. The molecule has 0 aliphatic carbocycles. The average molecular weight is 399 g/mol. The second-order valence-corrected chi connectivity index (χ2v) is 7.12. The van der Waals surface area contributed by atoms with Gasteiger partial charge in [0.2, 0.25) is 10.0 Å². The number of sulfonamides is 1. The highest BCUT2D eigenvalue weighted by Crippen LogP contribution is 2.26. The third kappa shape index (κ3) is 4.84. The van der Waals surface area contributed by atoms with Crippen molar-refractivity contribution in [1.29, 1.82) is 0 Å². The summed E-state index contributed by atoms with van der Waals surface area (Å²) in [5.41, 5.74) is 5.28. The fourth-order valence-electron chi connectivity index (χ4n) is 1.90. The number of thiocarbonyl (C=S) groups is 1. The van der Waals surface area contributed by atoms with E-state index in [0.717, 1.165) is 12.1 Å². The maximum Gasteiger partial charge on any atom is 0.295 e. The third-order valence-corrected chi connectivity index (χ3v) is 4.35. The highest BCUT2D eigenvalue weighted by Gasteiger charge is 2.19. The van der Waals surface area contributed by atoms with Gasteiger partial charge in [-0.05, 0) is 49.0 Å². The van der Waals surface area contributed by atoms with Crippen molar-refractivity contribution in [3.8, 4) is 0 Å². The van der Waals surface area contributed by atoms with Crippen LogP contribution < -0.4 is 21.3 Å². The Morgan fingerprint density at radius 1 is 1.27 bits per heavy atom. The van der Waals surface area contributed by atoms with Gasteiger partial charge in [-0.1, -0.05) is 6.07 Å². The summed E-state index contributed by atoms with van der Waals surface area (Å²) in [7, 11) is -4.08. The predicted octanol–water partition coefficient (Wildman–Crippen LogP) is 2.00. The Labute approximate surface area is 153 Å². The van der Waals surface area contributed by atoms with E-state index in [1.54, 1.807) is 19.1 Å². The van der Waals surface area contributed by atoms with E-state index in [4.69, 9.17) is 17.4 Å². The Balaban J connectivity index is 2.11. The van der Waals surface area contributed by atoms with Crippen LogP contribution in [0.25, 0.3) is 0 Å². The molecule has 0 aliphatic rings. The van der Waals surface area contributed by atoms with Crippen molar-refractivity contribution in [2.45, 2.75) is 11.8 Å². The summed E-state index contributed by atoms with van der Waals surface area (Å²) in [6.07, 6.45) is 0. The van der Waals surface area contributed by atoms with E-state index < -0.39 is 31.3 Å². The van der Waals surface area contributed by atoms with Crippen molar-refractivity contribution in [2.75, 3.05) is 10.7 Å². The van der Waals surface area contributed by atoms with Crippen LogP contribution in [0.4, 0.5) is 21.5 Å². The number of hydrazine groups is 1. The van der Waals surface area contributed by atoms with Crippen LogP contribution in [0.1, 0.15) is 5.56 Å². The van der Waals surface area contributed by atoms with Gasteiger partial charge in [-0.3, -0.25) is 21.0 Å².